The van der Waals surface area contributed by atoms with E-state index in [0.717, 1.165) is 17.6 Å². The number of benzene rings is 1. The van der Waals surface area contributed by atoms with Gasteiger partial charge in [-0.25, -0.2) is 0 Å². The van der Waals surface area contributed by atoms with Crippen LogP contribution in [0.5, 0.6) is 0 Å². The molecule has 0 fully saturated rings. The zero-order chi connectivity index (χ0) is 12.0. The SMILES string of the molecule is CCC(CNCc1cccc(Br)c1)N(C)C. The van der Waals surface area contributed by atoms with E-state index in [1.54, 1.807) is 0 Å². The molecule has 0 aromatic heterocycles. The average Bonchev–Trinajstić information content (AvgIpc) is 2.24. The minimum atomic E-state index is 0.618. The Morgan fingerprint density at radius 2 is 2.12 bits per heavy atom. The second-order valence-corrected chi connectivity index (χ2v) is 5.20. The van der Waals surface area contributed by atoms with Crippen LogP contribution in [-0.4, -0.2) is 31.6 Å². The Labute approximate surface area is 107 Å². The highest BCUT2D eigenvalue weighted by molar-refractivity contribution is 9.10. The van der Waals surface area contributed by atoms with Crippen molar-refractivity contribution in [1.82, 2.24) is 10.2 Å². The normalized spacial score (nSPS) is 13.1. The van der Waals surface area contributed by atoms with Gasteiger partial charge in [-0.05, 0) is 38.2 Å². The topological polar surface area (TPSA) is 15.3 Å². The van der Waals surface area contributed by atoms with Crippen LogP contribution in [0.15, 0.2) is 28.7 Å². The molecule has 1 unspecified atom stereocenters. The molecule has 0 aliphatic rings. The van der Waals surface area contributed by atoms with Crippen LogP contribution in [0.3, 0.4) is 0 Å². The monoisotopic (exact) mass is 284 g/mol. The highest BCUT2D eigenvalue weighted by Gasteiger charge is 2.07. The van der Waals surface area contributed by atoms with Crippen LogP contribution in [0, 0.1) is 0 Å². The van der Waals surface area contributed by atoms with Gasteiger partial charge in [-0.1, -0.05) is 35.0 Å². The van der Waals surface area contributed by atoms with Crippen molar-refractivity contribution in [2.24, 2.45) is 0 Å². The summed E-state index contributed by atoms with van der Waals surface area (Å²) >= 11 is 3.48. The van der Waals surface area contributed by atoms with Gasteiger partial charge in [-0.2, -0.15) is 0 Å². The number of rotatable bonds is 6. The molecule has 90 valence electrons. The van der Waals surface area contributed by atoms with Gasteiger partial charge in [0.25, 0.3) is 0 Å². The molecule has 1 N–H and O–H groups in total. The summed E-state index contributed by atoms with van der Waals surface area (Å²) in [5, 5.41) is 3.50. The molecule has 0 saturated heterocycles. The summed E-state index contributed by atoms with van der Waals surface area (Å²) in [4.78, 5) is 2.27. The molecule has 0 amide bonds. The number of nitrogens with one attached hydrogen (secondary N) is 1. The van der Waals surface area contributed by atoms with Crippen LogP contribution in [0.1, 0.15) is 18.9 Å². The molecule has 0 heterocycles. The van der Waals surface area contributed by atoms with Crippen molar-refractivity contribution in [2.75, 3.05) is 20.6 Å². The maximum Gasteiger partial charge on any atom is 0.0212 e. The summed E-state index contributed by atoms with van der Waals surface area (Å²) in [6, 6.07) is 9.05. The zero-order valence-corrected chi connectivity index (χ0v) is 11.9. The van der Waals surface area contributed by atoms with Crippen molar-refractivity contribution in [3.63, 3.8) is 0 Å². The first-order valence-corrected chi connectivity index (χ1v) is 6.54. The van der Waals surface area contributed by atoms with Gasteiger partial charge in [0.15, 0.2) is 0 Å². The Hall–Kier alpha value is -0.380. The summed E-state index contributed by atoms with van der Waals surface area (Å²) in [5.41, 5.74) is 1.32. The van der Waals surface area contributed by atoms with Gasteiger partial charge in [0, 0.05) is 23.6 Å². The quantitative estimate of drug-likeness (QED) is 0.864. The lowest BCUT2D eigenvalue weighted by atomic mass is 10.2. The molecule has 1 rings (SSSR count). The van der Waals surface area contributed by atoms with Crippen LogP contribution < -0.4 is 5.32 Å². The average molecular weight is 285 g/mol. The predicted octanol–water partition coefficient (Wildman–Crippen LogP) is 2.88. The van der Waals surface area contributed by atoms with Gasteiger partial charge >= 0.3 is 0 Å². The molecule has 0 saturated carbocycles. The zero-order valence-electron chi connectivity index (χ0n) is 10.3. The third kappa shape index (κ3) is 4.64. The number of hydrogen-bond donors (Lipinski definition) is 1. The molecule has 0 aliphatic heterocycles. The van der Waals surface area contributed by atoms with E-state index in [9.17, 15) is 0 Å². The van der Waals surface area contributed by atoms with Crippen LogP contribution in [0.25, 0.3) is 0 Å². The van der Waals surface area contributed by atoms with Gasteiger partial charge < -0.3 is 10.2 Å². The van der Waals surface area contributed by atoms with E-state index in [1.165, 1.54) is 12.0 Å². The molecule has 0 aliphatic carbocycles. The van der Waals surface area contributed by atoms with Gasteiger partial charge in [0.2, 0.25) is 0 Å². The first-order chi connectivity index (χ1) is 7.63. The lowest BCUT2D eigenvalue weighted by molar-refractivity contribution is 0.276. The first kappa shape index (κ1) is 13.7. The molecule has 0 radical (unpaired) electrons. The number of hydrogen-bond acceptors (Lipinski definition) is 2. The first-order valence-electron chi connectivity index (χ1n) is 5.75. The number of likely N-dealkylation sites (N-methyl/N-ethyl adjacent to an activating group) is 1. The van der Waals surface area contributed by atoms with Crippen molar-refractivity contribution >= 4 is 15.9 Å². The third-order valence-corrected chi connectivity index (χ3v) is 3.29. The second-order valence-electron chi connectivity index (χ2n) is 4.29. The van der Waals surface area contributed by atoms with Crippen LogP contribution in [0.4, 0.5) is 0 Å². The van der Waals surface area contributed by atoms with E-state index in [-0.39, 0.29) is 0 Å². The standard InChI is InChI=1S/C13H21BrN2/c1-4-13(16(2)3)10-15-9-11-6-5-7-12(14)8-11/h5-8,13,15H,4,9-10H2,1-3H3. The molecule has 0 bridgehead atoms. The Bertz CT molecular complexity index is 313. The molecule has 1 atom stereocenters. The fourth-order valence-corrected chi connectivity index (χ4v) is 2.17. The highest BCUT2D eigenvalue weighted by atomic mass is 79.9. The van der Waals surface area contributed by atoms with E-state index in [1.807, 2.05) is 0 Å². The Kier molecular flexibility index (Phi) is 6.03. The third-order valence-electron chi connectivity index (χ3n) is 2.80. The van der Waals surface area contributed by atoms with Crippen molar-refractivity contribution < 1.29 is 0 Å². The van der Waals surface area contributed by atoms with Crippen molar-refractivity contribution in [3.8, 4) is 0 Å². The van der Waals surface area contributed by atoms with E-state index in [2.05, 4.69) is 71.4 Å². The Morgan fingerprint density at radius 3 is 2.69 bits per heavy atom. The van der Waals surface area contributed by atoms with Crippen LogP contribution in [0.2, 0.25) is 0 Å². The summed E-state index contributed by atoms with van der Waals surface area (Å²) in [6.07, 6.45) is 1.18. The maximum absolute atomic E-state index is 3.50. The molecule has 1 aromatic carbocycles. The Balaban J connectivity index is 2.35. The highest BCUT2D eigenvalue weighted by Crippen LogP contribution is 2.11. The van der Waals surface area contributed by atoms with Crippen molar-refractivity contribution in [1.29, 1.82) is 0 Å². The summed E-state index contributed by atoms with van der Waals surface area (Å²) in [5.74, 6) is 0. The van der Waals surface area contributed by atoms with Crippen molar-refractivity contribution in [3.05, 3.63) is 34.3 Å². The van der Waals surface area contributed by atoms with Gasteiger partial charge in [0.1, 0.15) is 0 Å². The molecule has 1 aromatic rings. The smallest absolute Gasteiger partial charge is 0.0212 e. The minimum Gasteiger partial charge on any atom is -0.311 e. The fraction of sp³-hybridized carbons (Fsp3) is 0.538. The Morgan fingerprint density at radius 1 is 1.38 bits per heavy atom. The minimum absolute atomic E-state index is 0.618. The number of nitrogens with zero attached hydrogens (tertiary/aromatic N) is 1. The van der Waals surface area contributed by atoms with E-state index >= 15 is 0 Å². The predicted molar refractivity (Wildman–Crippen MR) is 73.6 cm³/mol. The molecule has 2 nitrogen and oxygen atoms in total. The largest absolute Gasteiger partial charge is 0.311 e. The molecule has 16 heavy (non-hydrogen) atoms. The van der Waals surface area contributed by atoms with Crippen LogP contribution in [-0.2, 0) is 6.54 Å². The lowest BCUT2D eigenvalue weighted by Crippen LogP contribution is -2.37. The maximum atomic E-state index is 3.50. The van der Waals surface area contributed by atoms with Crippen LogP contribution >= 0.6 is 15.9 Å². The second kappa shape index (κ2) is 7.05. The molecular formula is C13H21BrN2. The van der Waals surface area contributed by atoms with E-state index in [4.69, 9.17) is 0 Å². The van der Waals surface area contributed by atoms with E-state index < -0.39 is 0 Å². The van der Waals surface area contributed by atoms with Gasteiger partial charge in [-0.3, -0.25) is 0 Å². The summed E-state index contributed by atoms with van der Waals surface area (Å²) < 4.78 is 1.14. The van der Waals surface area contributed by atoms with Gasteiger partial charge in [0.05, 0.1) is 0 Å². The van der Waals surface area contributed by atoms with E-state index in [0.29, 0.717) is 6.04 Å². The molecule has 3 heteroatoms. The lowest BCUT2D eigenvalue weighted by Gasteiger charge is -2.23. The number of halogens is 1. The molecule has 0 spiro atoms. The summed E-state index contributed by atoms with van der Waals surface area (Å²) in [6.45, 7) is 4.20. The molecular weight excluding hydrogens is 264 g/mol. The summed E-state index contributed by atoms with van der Waals surface area (Å²) in [7, 11) is 4.27. The fourth-order valence-electron chi connectivity index (χ4n) is 1.72. The van der Waals surface area contributed by atoms with Gasteiger partial charge in [-0.15, -0.1) is 0 Å². The van der Waals surface area contributed by atoms with Crippen molar-refractivity contribution in [2.45, 2.75) is 25.9 Å².